The van der Waals surface area contributed by atoms with E-state index in [1.54, 1.807) is 0 Å². The minimum Gasteiger partial charge on any atom is -0.448 e. The van der Waals surface area contributed by atoms with Crippen molar-refractivity contribution in [3.63, 3.8) is 0 Å². The van der Waals surface area contributed by atoms with Crippen LogP contribution < -0.4 is 5.32 Å². The van der Waals surface area contributed by atoms with E-state index in [2.05, 4.69) is 17.0 Å². The summed E-state index contributed by atoms with van der Waals surface area (Å²) in [4.78, 5) is 35.9. The Morgan fingerprint density at radius 2 is 2.20 bits per heavy atom. The number of sulfone groups is 1. The quantitative estimate of drug-likeness (QED) is 0.491. The molecule has 0 aromatic carbocycles. The van der Waals surface area contributed by atoms with Crippen LogP contribution in [0, 0.1) is 0 Å². The summed E-state index contributed by atoms with van der Waals surface area (Å²) in [5.41, 5.74) is 0.00673. The number of hydrazone groups is 1. The van der Waals surface area contributed by atoms with Gasteiger partial charge in [-0.05, 0) is 13.3 Å². The maximum atomic E-state index is 12.2. The SMILES string of the molecule is C=CCNC(=O)[C@H](C)OC(=O)C1=NN([C@H]2CCS(=O)(=O)C2)C(=O)CC1. The van der Waals surface area contributed by atoms with Crippen molar-refractivity contribution in [1.82, 2.24) is 10.3 Å². The van der Waals surface area contributed by atoms with E-state index in [1.807, 2.05) is 0 Å². The molecule has 0 aromatic rings. The number of carbonyl (C=O) groups excluding carboxylic acids is 3. The van der Waals surface area contributed by atoms with E-state index in [4.69, 9.17) is 4.74 Å². The van der Waals surface area contributed by atoms with Crippen molar-refractivity contribution in [3.05, 3.63) is 12.7 Å². The van der Waals surface area contributed by atoms with Crippen molar-refractivity contribution in [2.75, 3.05) is 18.1 Å². The molecule has 0 spiro atoms. The fraction of sp³-hybridized carbons (Fsp3) is 0.600. The Bertz CT molecular complexity index is 715. The average Bonchev–Trinajstić information content (AvgIpc) is 2.92. The Morgan fingerprint density at radius 3 is 2.80 bits per heavy atom. The highest BCUT2D eigenvalue weighted by molar-refractivity contribution is 7.91. The standard InChI is InChI=1S/C15H21N3O6S/c1-3-7-16-14(20)10(2)24-15(21)12-4-5-13(19)18(17-12)11-6-8-25(22,23)9-11/h3,10-11H,1,4-9H2,2H3,(H,16,20)/t10-,11-/m0/s1. The predicted octanol–water partition coefficient (Wildman–Crippen LogP) is -0.614. The highest BCUT2D eigenvalue weighted by atomic mass is 32.2. The molecule has 2 heterocycles. The first-order valence-electron chi connectivity index (χ1n) is 7.93. The highest BCUT2D eigenvalue weighted by Gasteiger charge is 2.37. The van der Waals surface area contributed by atoms with Gasteiger partial charge in [-0.3, -0.25) is 9.59 Å². The summed E-state index contributed by atoms with van der Waals surface area (Å²) in [5, 5.41) is 7.58. The van der Waals surface area contributed by atoms with Gasteiger partial charge in [-0.1, -0.05) is 6.08 Å². The lowest BCUT2D eigenvalue weighted by atomic mass is 10.1. The van der Waals surface area contributed by atoms with Gasteiger partial charge in [0.2, 0.25) is 5.91 Å². The Kier molecular flexibility index (Phi) is 5.93. The molecule has 2 rings (SSSR count). The lowest BCUT2D eigenvalue weighted by Gasteiger charge is -2.27. The number of ether oxygens (including phenoxy) is 1. The zero-order valence-corrected chi connectivity index (χ0v) is 14.8. The largest absolute Gasteiger partial charge is 0.448 e. The zero-order chi connectivity index (χ0) is 18.6. The van der Waals surface area contributed by atoms with Gasteiger partial charge < -0.3 is 10.1 Å². The van der Waals surface area contributed by atoms with Crippen LogP contribution in [-0.2, 0) is 29.0 Å². The number of nitrogens with zero attached hydrogens (tertiary/aromatic N) is 2. The maximum Gasteiger partial charge on any atom is 0.355 e. The second-order valence-electron chi connectivity index (χ2n) is 5.92. The van der Waals surface area contributed by atoms with Crippen molar-refractivity contribution in [2.45, 2.75) is 38.3 Å². The third kappa shape index (κ3) is 4.88. The van der Waals surface area contributed by atoms with Crippen LogP contribution in [0.25, 0.3) is 0 Å². The smallest absolute Gasteiger partial charge is 0.355 e. The number of nitrogens with one attached hydrogen (secondary N) is 1. The van der Waals surface area contributed by atoms with Crippen LogP contribution in [0.1, 0.15) is 26.2 Å². The number of rotatable bonds is 6. The number of amides is 2. The van der Waals surface area contributed by atoms with Crippen LogP contribution in [0.2, 0.25) is 0 Å². The first kappa shape index (κ1) is 19.1. The molecule has 0 aliphatic carbocycles. The minimum atomic E-state index is -3.19. The van der Waals surface area contributed by atoms with Crippen LogP contribution in [0.4, 0.5) is 0 Å². The Morgan fingerprint density at radius 1 is 1.48 bits per heavy atom. The van der Waals surface area contributed by atoms with Crippen LogP contribution in [0.3, 0.4) is 0 Å². The topological polar surface area (TPSA) is 122 Å². The van der Waals surface area contributed by atoms with Crippen molar-refractivity contribution < 1.29 is 27.5 Å². The van der Waals surface area contributed by atoms with E-state index in [0.29, 0.717) is 6.42 Å². The third-order valence-corrected chi connectivity index (χ3v) is 5.67. The van der Waals surface area contributed by atoms with Gasteiger partial charge in [-0.2, -0.15) is 5.10 Å². The predicted molar refractivity (Wildman–Crippen MR) is 89.3 cm³/mol. The van der Waals surface area contributed by atoms with Gasteiger partial charge in [-0.15, -0.1) is 6.58 Å². The first-order valence-corrected chi connectivity index (χ1v) is 9.75. The number of hydrogen-bond acceptors (Lipinski definition) is 7. The molecule has 1 fully saturated rings. The Balaban J connectivity index is 2.04. The van der Waals surface area contributed by atoms with Gasteiger partial charge in [0, 0.05) is 19.4 Å². The summed E-state index contributed by atoms with van der Waals surface area (Å²) in [6.07, 6.45) is 0.904. The van der Waals surface area contributed by atoms with Crippen molar-refractivity contribution in [2.24, 2.45) is 5.10 Å². The molecule has 9 nitrogen and oxygen atoms in total. The van der Waals surface area contributed by atoms with E-state index in [-0.39, 0.29) is 42.5 Å². The summed E-state index contributed by atoms with van der Waals surface area (Å²) in [7, 11) is -3.19. The molecule has 1 saturated heterocycles. The van der Waals surface area contributed by atoms with Crippen molar-refractivity contribution >= 4 is 33.3 Å². The maximum absolute atomic E-state index is 12.2. The number of esters is 1. The molecule has 0 unspecified atom stereocenters. The Hall–Kier alpha value is -2.23. The molecule has 0 radical (unpaired) electrons. The molecule has 0 bridgehead atoms. The average molecular weight is 371 g/mol. The number of hydrogen-bond donors (Lipinski definition) is 1. The van der Waals surface area contributed by atoms with Crippen LogP contribution in [0.5, 0.6) is 0 Å². The summed E-state index contributed by atoms with van der Waals surface area (Å²) < 4.78 is 28.2. The molecular weight excluding hydrogens is 350 g/mol. The third-order valence-electron chi connectivity index (χ3n) is 3.92. The summed E-state index contributed by atoms with van der Waals surface area (Å²) in [6.45, 7) is 5.14. The lowest BCUT2D eigenvalue weighted by molar-refractivity contribution is -0.149. The van der Waals surface area contributed by atoms with Gasteiger partial charge in [0.05, 0.1) is 17.5 Å². The molecule has 2 aliphatic heterocycles. The molecule has 25 heavy (non-hydrogen) atoms. The Labute approximate surface area is 146 Å². The van der Waals surface area contributed by atoms with Crippen molar-refractivity contribution in [1.29, 1.82) is 0 Å². The van der Waals surface area contributed by atoms with Gasteiger partial charge >= 0.3 is 5.97 Å². The second kappa shape index (κ2) is 7.77. The van der Waals surface area contributed by atoms with E-state index >= 15 is 0 Å². The molecule has 2 atom stereocenters. The molecule has 10 heteroatoms. The van der Waals surface area contributed by atoms with E-state index in [9.17, 15) is 22.8 Å². The molecule has 138 valence electrons. The minimum absolute atomic E-state index is 0.00272. The highest BCUT2D eigenvalue weighted by Crippen LogP contribution is 2.22. The fourth-order valence-electron chi connectivity index (χ4n) is 2.57. The molecule has 0 aromatic heterocycles. The summed E-state index contributed by atoms with van der Waals surface area (Å²) >= 11 is 0. The summed E-state index contributed by atoms with van der Waals surface area (Å²) in [5.74, 6) is -1.75. The lowest BCUT2D eigenvalue weighted by Crippen LogP contribution is -2.43. The van der Waals surface area contributed by atoms with Gasteiger partial charge in [0.25, 0.3) is 5.91 Å². The normalized spacial score (nSPS) is 23.6. The molecular formula is C15H21N3O6S. The van der Waals surface area contributed by atoms with Crippen LogP contribution in [0.15, 0.2) is 17.8 Å². The molecule has 2 aliphatic rings. The summed E-state index contributed by atoms with van der Waals surface area (Å²) in [6, 6.07) is -0.561. The molecule has 1 N–H and O–H groups in total. The second-order valence-corrected chi connectivity index (χ2v) is 8.15. The van der Waals surface area contributed by atoms with Crippen molar-refractivity contribution in [3.8, 4) is 0 Å². The van der Waals surface area contributed by atoms with Crippen LogP contribution >= 0.6 is 0 Å². The molecule has 0 saturated carbocycles. The zero-order valence-electron chi connectivity index (χ0n) is 13.9. The van der Waals surface area contributed by atoms with Gasteiger partial charge in [0.1, 0.15) is 5.71 Å². The fourth-order valence-corrected chi connectivity index (χ4v) is 4.26. The first-order chi connectivity index (χ1) is 11.7. The number of carbonyl (C=O) groups is 3. The van der Waals surface area contributed by atoms with Gasteiger partial charge in [0.15, 0.2) is 15.9 Å². The van der Waals surface area contributed by atoms with E-state index < -0.39 is 33.9 Å². The molecule has 2 amide bonds. The van der Waals surface area contributed by atoms with Gasteiger partial charge in [-0.25, -0.2) is 18.2 Å². The van der Waals surface area contributed by atoms with E-state index in [1.165, 1.54) is 13.0 Å². The van der Waals surface area contributed by atoms with Crippen LogP contribution in [-0.4, -0.2) is 67.1 Å². The van der Waals surface area contributed by atoms with E-state index in [0.717, 1.165) is 5.01 Å². The monoisotopic (exact) mass is 371 g/mol.